The number of carbonyl (C=O) groups excluding carboxylic acids is 1. The van der Waals surface area contributed by atoms with Gasteiger partial charge in [0.2, 0.25) is 0 Å². The molecule has 1 atom stereocenters. The van der Waals surface area contributed by atoms with Crippen LogP contribution in [0.2, 0.25) is 0 Å². The van der Waals surface area contributed by atoms with Crippen molar-refractivity contribution >= 4 is 21.6 Å². The molecule has 156 valence electrons. The van der Waals surface area contributed by atoms with Crippen molar-refractivity contribution in [2.75, 3.05) is 4.72 Å². The van der Waals surface area contributed by atoms with Crippen LogP contribution < -0.4 is 10.0 Å². The second kappa shape index (κ2) is 8.71. The van der Waals surface area contributed by atoms with Gasteiger partial charge in [-0.2, -0.15) is 0 Å². The van der Waals surface area contributed by atoms with Gasteiger partial charge in [0.05, 0.1) is 16.6 Å². The molecule has 0 aromatic heterocycles. The van der Waals surface area contributed by atoms with E-state index in [1.807, 2.05) is 45.0 Å². The van der Waals surface area contributed by atoms with Gasteiger partial charge in [-0.15, -0.1) is 0 Å². The first-order valence-electron chi connectivity index (χ1n) is 9.74. The number of hydrogen-bond donors (Lipinski definition) is 2. The zero-order chi connectivity index (χ0) is 21.9. The summed E-state index contributed by atoms with van der Waals surface area (Å²) < 4.78 is 27.9. The maximum Gasteiger partial charge on any atom is 0.261 e. The molecular formula is C24H26N2O3S. The average molecular weight is 423 g/mol. The van der Waals surface area contributed by atoms with E-state index in [1.54, 1.807) is 49.4 Å². The number of benzene rings is 3. The molecule has 1 amide bonds. The van der Waals surface area contributed by atoms with Crippen LogP contribution in [0.5, 0.6) is 0 Å². The number of amides is 1. The first kappa shape index (κ1) is 21.6. The molecule has 0 aliphatic heterocycles. The van der Waals surface area contributed by atoms with Crippen LogP contribution in [0, 0.1) is 20.8 Å². The van der Waals surface area contributed by atoms with E-state index in [1.165, 1.54) is 0 Å². The minimum atomic E-state index is -3.70. The standard InChI is InChI=1S/C24H26N2O3S/c1-16-9-12-21(13-10-16)30(28,29)26-23-14-11-20(15-18(23)3)24(27)25-19(4)22-8-6-5-7-17(22)2/h5-15,19,26H,1-4H3,(H,25,27). The minimum absolute atomic E-state index is 0.140. The number of rotatable bonds is 6. The summed E-state index contributed by atoms with van der Waals surface area (Å²) in [4.78, 5) is 12.9. The monoisotopic (exact) mass is 422 g/mol. The van der Waals surface area contributed by atoms with Gasteiger partial charge in [-0.25, -0.2) is 8.42 Å². The van der Waals surface area contributed by atoms with Gasteiger partial charge in [-0.1, -0.05) is 42.0 Å². The van der Waals surface area contributed by atoms with Crippen LogP contribution in [0.15, 0.2) is 71.6 Å². The number of anilines is 1. The molecule has 0 aliphatic rings. The lowest BCUT2D eigenvalue weighted by atomic mass is 10.0. The van der Waals surface area contributed by atoms with Crippen LogP contribution in [0.25, 0.3) is 0 Å². The number of hydrogen-bond acceptors (Lipinski definition) is 3. The maximum absolute atomic E-state index is 12.7. The fraction of sp³-hybridized carbons (Fsp3) is 0.208. The lowest BCUT2D eigenvalue weighted by Gasteiger charge is -2.17. The fourth-order valence-corrected chi connectivity index (χ4v) is 4.40. The van der Waals surface area contributed by atoms with E-state index in [4.69, 9.17) is 0 Å². The van der Waals surface area contributed by atoms with Crippen molar-refractivity contribution in [1.82, 2.24) is 5.32 Å². The quantitative estimate of drug-likeness (QED) is 0.593. The Balaban J connectivity index is 1.75. The topological polar surface area (TPSA) is 75.3 Å². The highest BCUT2D eigenvalue weighted by molar-refractivity contribution is 7.92. The third-order valence-electron chi connectivity index (χ3n) is 5.07. The first-order chi connectivity index (χ1) is 14.2. The summed E-state index contributed by atoms with van der Waals surface area (Å²) in [6.07, 6.45) is 0. The lowest BCUT2D eigenvalue weighted by molar-refractivity contribution is 0.0939. The van der Waals surface area contributed by atoms with Crippen LogP contribution in [-0.4, -0.2) is 14.3 Å². The Labute approximate surface area is 178 Å². The van der Waals surface area contributed by atoms with Crippen LogP contribution in [0.4, 0.5) is 5.69 Å². The highest BCUT2D eigenvalue weighted by Gasteiger charge is 2.17. The Hall–Kier alpha value is -3.12. The van der Waals surface area contributed by atoms with Gasteiger partial charge in [0.15, 0.2) is 0 Å². The van der Waals surface area contributed by atoms with Crippen molar-refractivity contribution in [3.63, 3.8) is 0 Å². The van der Waals surface area contributed by atoms with Crippen molar-refractivity contribution in [1.29, 1.82) is 0 Å². The Morgan fingerprint density at radius 3 is 2.17 bits per heavy atom. The number of sulfonamides is 1. The number of nitrogens with one attached hydrogen (secondary N) is 2. The molecule has 5 nitrogen and oxygen atoms in total. The van der Waals surface area contributed by atoms with Gasteiger partial charge in [-0.05, 0) is 74.7 Å². The zero-order valence-electron chi connectivity index (χ0n) is 17.6. The first-order valence-corrected chi connectivity index (χ1v) is 11.2. The molecule has 0 heterocycles. The van der Waals surface area contributed by atoms with E-state index in [9.17, 15) is 13.2 Å². The summed E-state index contributed by atoms with van der Waals surface area (Å²) in [6.45, 7) is 7.63. The summed E-state index contributed by atoms with van der Waals surface area (Å²) in [5.41, 5.74) is 4.75. The van der Waals surface area contributed by atoms with Crippen molar-refractivity contribution in [2.45, 2.75) is 38.6 Å². The van der Waals surface area contributed by atoms with Crippen LogP contribution in [-0.2, 0) is 10.0 Å². The van der Waals surface area contributed by atoms with Gasteiger partial charge in [0, 0.05) is 5.56 Å². The normalized spacial score (nSPS) is 12.3. The maximum atomic E-state index is 12.7. The van der Waals surface area contributed by atoms with E-state index >= 15 is 0 Å². The van der Waals surface area contributed by atoms with Gasteiger partial charge < -0.3 is 5.32 Å². The molecule has 30 heavy (non-hydrogen) atoms. The van der Waals surface area contributed by atoms with E-state index < -0.39 is 10.0 Å². The molecular weight excluding hydrogens is 396 g/mol. The Bertz CT molecular complexity index is 1170. The predicted octanol–water partition coefficient (Wildman–Crippen LogP) is 4.90. The summed E-state index contributed by atoms with van der Waals surface area (Å²) in [7, 11) is -3.70. The average Bonchev–Trinajstić information content (AvgIpc) is 2.70. The fourth-order valence-electron chi connectivity index (χ4n) is 3.27. The van der Waals surface area contributed by atoms with Crippen molar-refractivity contribution in [2.24, 2.45) is 0 Å². The predicted molar refractivity (Wildman–Crippen MR) is 120 cm³/mol. The molecule has 0 saturated carbocycles. The van der Waals surface area contributed by atoms with Gasteiger partial charge in [0.25, 0.3) is 15.9 Å². The summed E-state index contributed by atoms with van der Waals surface area (Å²) in [6, 6.07) is 19.4. The van der Waals surface area contributed by atoms with E-state index in [2.05, 4.69) is 10.0 Å². The molecule has 0 spiro atoms. The Morgan fingerprint density at radius 1 is 0.867 bits per heavy atom. The molecule has 1 unspecified atom stereocenters. The second-order valence-electron chi connectivity index (χ2n) is 7.50. The second-order valence-corrected chi connectivity index (χ2v) is 9.18. The molecule has 6 heteroatoms. The van der Waals surface area contributed by atoms with Crippen LogP contribution >= 0.6 is 0 Å². The summed E-state index contributed by atoms with van der Waals surface area (Å²) in [5, 5.41) is 3.00. The molecule has 0 bridgehead atoms. The highest BCUT2D eigenvalue weighted by Crippen LogP contribution is 2.22. The highest BCUT2D eigenvalue weighted by atomic mass is 32.2. The van der Waals surface area contributed by atoms with Gasteiger partial charge >= 0.3 is 0 Å². The molecule has 0 fully saturated rings. The molecule has 0 radical (unpaired) electrons. The minimum Gasteiger partial charge on any atom is -0.346 e. The van der Waals surface area contributed by atoms with Crippen molar-refractivity contribution in [3.8, 4) is 0 Å². The molecule has 3 aromatic rings. The SMILES string of the molecule is Cc1ccc(S(=O)(=O)Nc2ccc(C(=O)NC(C)c3ccccc3C)cc2C)cc1. The molecule has 3 rings (SSSR count). The largest absolute Gasteiger partial charge is 0.346 e. The molecule has 2 N–H and O–H groups in total. The van der Waals surface area contributed by atoms with Gasteiger partial charge in [-0.3, -0.25) is 9.52 Å². The van der Waals surface area contributed by atoms with E-state index in [-0.39, 0.29) is 16.8 Å². The van der Waals surface area contributed by atoms with Crippen molar-refractivity contribution < 1.29 is 13.2 Å². The van der Waals surface area contributed by atoms with Crippen LogP contribution in [0.1, 0.15) is 45.6 Å². The zero-order valence-corrected chi connectivity index (χ0v) is 18.4. The smallest absolute Gasteiger partial charge is 0.261 e. The molecule has 3 aromatic carbocycles. The van der Waals surface area contributed by atoms with Gasteiger partial charge in [0.1, 0.15) is 0 Å². The molecule has 0 aliphatic carbocycles. The Kier molecular flexibility index (Phi) is 6.27. The summed E-state index contributed by atoms with van der Waals surface area (Å²) >= 11 is 0. The number of carbonyl (C=O) groups is 1. The third-order valence-corrected chi connectivity index (χ3v) is 6.45. The third kappa shape index (κ3) is 4.89. The summed E-state index contributed by atoms with van der Waals surface area (Å²) in [5.74, 6) is -0.207. The lowest BCUT2D eigenvalue weighted by Crippen LogP contribution is -2.27. The number of aryl methyl sites for hydroxylation is 3. The van der Waals surface area contributed by atoms with E-state index in [0.717, 1.165) is 16.7 Å². The molecule has 0 saturated heterocycles. The van der Waals surface area contributed by atoms with Crippen LogP contribution in [0.3, 0.4) is 0 Å². The van der Waals surface area contributed by atoms with Crippen molar-refractivity contribution in [3.05, 3.63) is 94.5 Å². The van der Waals surface area contributed by atoms with E-state index in [0.29, 0.717) is 16.8 Å². The Morgan fingerprint density at radius 2 is 1.53 bits per heavy atom.